The van der Waals surface area contributed by atoms with Crippen molar-refractivity contribution in [1.82, 2.24) is 11.1 Å². The van der Waals surface area contributed by atoms with Gasteiger partial charge in [0.05, 0.1) is 0 Å². The molecule has 0 rings (SSSR count). The first-order valence-electron chi connectivity index (χ1n) is 3.33. The van der Waals surface area contributed by atoms with Gasteiger partial charge in [-0.25, -0.2) is 0 Å². The molecule has 0 amide bonds. The fourth-order valence-electron chi connectivity index (χ4n) is 0.214. The van der Waals surface area contributed by atoms with Gasteiger partial charge in [0.15, 0.2) is 0 Å². The lowest BCUT2D eigenvalue weighted by atomic mass is 10.4. The van der Waals surface area contributed by atoms with Crippen molar-refractivity contribution in [3.8, 4) is 0 Å². The summed E-state index contributed by atoms with van der Waals surface area (Å²) in [5, 5.41) is 7.91. The van der Waals surface area contributed by atoms with Crippen LogP contribution in [0.15, 0.2) is 0 Å². The lowest BCUT2D eigenvalue weighted by Crippen LogP contribution is -1.99. The van der Waals surface area contributed by atoms with Crippen LogP contribution in [-0.4, -0.2) is 37.1 Å². The second kappa shape index (κ2) is 17.0. The molecule has 0 aliphatic carbocycles. The van der Waals surface area contributed by atoms with Gasteiger partial charge in [0.25, 0.3) is 0 Å². The molecule has 0 spiro atoms. The molecule has 0 bridgehead atoms. The lowest BCUT2D eigenvalue weighted by Gasteiger charge is -1.90. The van der Waals surface area contributed by atoms with Crippen LogP contribution in [0.3, 0.4) is 0 Å². The average Bonchev–Trinajstić information content (AvgIpc) is 1.62. The minimum Gasteiger partial charge on any atom is -0.481 e. The van der Waals surface area contributed by atoms with E-state index in [-0.39, 0.29) is 18.6 Å². The Kier molecular flexibility index (Phi) is 31.9. The van der Waals surface area contributed by atoms with Gasteiger partial charge in [-0.15, -0.1) is 12.4 Å². The van der Waals surface area contributed by atoms with Crippen LogP contribution in [-0.2, 0) is 4.79 Å². The Labute approximate surface area is 80.9 Å². The van der Waals surface area contributed by atoms with Crippen LogP contribution in [0.2, 0.25) is 0 Å². The first kappa shape index (κ1) is 22.6. The van der Waals surface area contributed by atoms with E-state index in [1.165, 1.54) is 0 Å². The van der Waals surface area contributed by atoms with E-state index in [9.17, 15) is 4.79 Å². The summed E-state index contributed by atoms with van der Waals surface area (Å²) in [4.78, 5) is 11.6. The predicted molar refractivity (Wildman–Crippen MR) is 54.4 cm³/mol. The van der Waals surface area contributed by atoms with Gasteiger partial charge in [-0.3, -0.25) is 4.79 Å². The van der Waals surface area contributed by atoms with Crippen LogP contribution in [0, 0.1) is 0 Å². The van der Waals surface area contributed by atoms with Gasteiger partial charge in [-0.1, -0.05) is 6.92 Å². The third kappa shape index (κ3) is 102. The number of hydrogen-bond donors (Lipinski definition) is 2. The van der Waals surface area contributed by atoms with E-state index in [1.54, 1.807) is 0 Å². The highest BCUT2D eigenvalue weighted by atomic mass is 35.5. The molecule has 12 heavy (non-hydrogen) atoms. The maximum atomic E-state index is 9.60. The summed E-state index contributed by atoms with van der Waals surface area (Å²) in [7, 11) is 6.00. The van der Waals surface area contributed by atoms with Crippen molar-refractivity contribution in [3.63, 3.8) is 0 Å². The topological polar surface area (TPSA) is 75.5 Å². The van der Waals surface area contributed by atoms with Crippen molar-refractivity contribution in [2.75, 3.05) is 21.1 Å². The van der Waals surface area contributed by atoms with Crippen LogP contribution in [0.4, 0.5) is 0 Å². The maximum Gasteiger partial charge on any atom is 0.303 e. The Morgan fingerprint density at radius 2 is 1.58 bits per heavy atom. The van der Waals surface area contributed by atoms with E-state index in [0.717, 1.165) is 6.42 Å². The van der Waals surface area contributed by atoms with Gasteiger partial charge >= 0.3 is 5.97 Å². The maximum absolute atomic E-state index is 9.60. The van der Waals surface area contributed by atoms with Crippen molar-refractivity contribution in [1.29, 1.82) is 0 Å². The van der Waals surface area contributed by atoms with Crippen LogP contribution in [0.25, 0.3) is 0 Å². The zero-order valence-electron chi connectivity index (χ0n) is 8.33. The van der Waals surface area contributed by atoms with E-state index in [0.29, 0.717) is 6.42 Å². The van der Waals surface area contributed by atoms with Crippen molar-refractivity contribution in [2.24, 2.45) is 0 Å². The van der Waals surface area contributed by atoms with Gasteiger partial charge in [-0.05, 0) is 27.6 Å². The highest BCUT2D eigenvalue weighted by Crippen LogP contribution is 1.82. The summed E-state index contributed by atoms with van der Waals surface area (Å²) < 4.78 is 0. The molecular formula is C7H21ClN2O2. The molecule has 0 aromatic heterocycles. The number of hydrogen-bond acceptors (Lipinski definition) is 3. The quantitative estimate of drug-likeness (QED) is 0.711. The molecule has 78 valence electrons. The highest BCUT2D eigenvalue weighted by Gasteiger charge is 1.87. The van der Waals surface area contributed by atoms with Crippen molar-refractivity contribution >= 4 is 18.4 Å². The van der Waals surface area contributed by atoms with Gasteiger partial charge in [0, 0.05) is 6.42 Å². The van der Waals surface area contributed by atoms with Crippen molar-refractivity contribution < 1.29 is 9.90 Å². The number of nitrogens with zero attached hydrogens (tertiary/aromatic N) is 1. The molecule has 0 atom stereocenters. The first-order valence-corrected chi connectivity index (χ1v) is 3.33. The summed E-state index contributed by atoms with van der Waals surface area (Å²) in [6, 6.07) is 0. The van der Waals surface area contributed by atoms with Crippen LogP contribution < -0.4 is 6.15 Å². The zero-order chi connectivity index (χ0) is 8.57. The summed E-state index contributed by atoms with van der Waals surface area (Å²) in [5.74, 6) is -0.711. The molecule has 4 N–H and O–H groups in total. The molecule has 0 aliphatic heterocycles. The van der Waals surface area contributed by atoms with Gasteiger partial charge in [0.2, 0.25) is 0 Å². The summed E-state index contributed by atoms with van der Waals surface area (Å²) in [6.45, 7) is 1.84. The molecule has 0 radical (unpaired) electrons. The minimum absolute atomic E-state index is 0. The molecule has 4 nitrogen and oxygen atoms in total. The molecule has 5 heteroatoms. The number of carboxylic acid groups (broad SMARTS) is 1. The molecule has 0 heterocycles. The van der Waals surface area contributed by atoms with E-state index >= 15 is 0 Å². The molecule has 0 saturated heterocycles. The molecule has 0 aliphatic rings. The SMILES string of the molecule is CCCC(=O)O.CN(C)C.Cl.N. The van der Waals surface area contributed by atoms with E-state index in [4.69, 9.17) is 5.11 Å². The highest BCUT2D eigenvalue weighted by molar-refractivity contribution is 5.85. The molecule has 0 aromatic carbocycles. The Balaban J connectivity index is -0.0000000483. The predicted octanol–water partition coefficient (Wildman–Crippen LogP) is 1.63. The number of carboxylic acids is 1. The van der Waals surface area contributed by atoms with E-state index in [1.807, 2.05) is 33.0 Å². The monoisotopic (exact) mass is 200 g/mol. The molecule has 0 aromatic rings. The van der Waals surface area contributed by atoms with Gasteiger partial charge < -0.3 is 16.2 Å². The number of rotatable bonds is 2. The molecular weight excluding hydrogens is 180 g/mol. The minimum atomic E-state index is -0.711. The van der Waals surface area contributed by atoms with Crippen molar-refractivity contribution in [3.05, 3.63) is 0 Å². The number of carbonyl (C=O) groups is 1. The Morgan fingerprint density at radius 1 is 1.33 bits per heavy atom. The first-order chi connectivity index (χ1) is 4.50. The average molecular weight is 201 g/mol. The number of aliphatic carboxylic acids is 1. The third-order valence-corrected chi connectivity index (χ3v) is 0.464. The lowest BCUT2D eigenvalue weighted by molar-refractivity contribution is -0.137. The Hall–Kier alpha value is -0.320. The van der Waals surface area contributed by atoms with Gasteiger partial charge in [0.1, 0.15) is 0 Å². The van der Waals surface area contributed by atoms with E-state index < -0.39 is 5.97 Å². The second-order valence-corrected chi connectivity index (χ2v) is 2.49. The normalized spacial score (nSPS) is 7.08. The number of halogens is 1. The standard InChI is InChI=1S/C4H8O2.C3H9N.ClH.H3N/c1-2-3-4(5)6;1-4(2)3;;/h2-3H2,1H3,(H,5,6);1-3H3;1H;1H3. The fraction of sp³-hybridized carbons (Fsp3) is 0.857. The van der Waals surface area contributed by atoms with Crippen LogP contribution in [0.1, 0.15) is 19.8 Å². The fourth-order valence-corrected chi connectivity index (χ4v) is 0.214. The van der Waals surface area contributed by atoms with Gasteiger partial charge in [-0.2, -0.15) is 0 Å². The summed E-state index contributed by atoms with van der Waals surface area (Å²) in [5.41, 5.74) is 0. The molecule has 0 fully saturated rings. The largest absolute Gasteiger partial charge is 0.481 e. The van der Waals surface area contributed by atoms with Crippen LogP contribution >= 0.6 is 12.4 Å². The second-order valence-electron chi connectivity index (χ2n) is 2.49. The Bertz CT molecular complexity index is 86.7. The zero-order valence-corrected chi connectivity index (χ0v) is 9.15. The Morgan fingerprint density at radius 3 is 1.58 bits per heavy atom. The van der Waals surface area contributed by atoms with Crippen LogP contribution in [0.5, 0.6) is 0 Å². The van der Waals surface area contributed by atoms with Crippen molar-refractivity contribution in [2.45, 2.75) is 19.8 Å². The molecule has 0 unspecified atom stereocenters. The summed E-state index contributed by atoms with van der Waals surface area (Å²) in [6.07, 6.45) is 1.02. The molecule has 0 saturated carbocycles. The van der Waals surface area contributed by atoms with E-state index in [2.05, 4.69) is 0 Å². The summed E-state index contributed by atoms with van der Waals surface area (Å²) >= 11 is 0. The third-order valence-electron chi connectivity index (χ3n) is 0.464. The smallest absolute Gasteiger partial charge is 0.303 e.